The molecular weight excluding hydrogens is 329 g/mol. The maximum absolute atomic E-state index is 13.2. The van der Waals surface area contributed by atoms with Crippen molar-refractivity contribution in [2.24, 2.45) is 0 Å². The van der Waals surface area contributed by atoms with Gasteiger partial charge in [0.25, 0.3) is 5.91 Å². The lowest BCUT2D eigenvalue weighted by Gasteiger charge is -2.15. The average Bonchev–Trinajstić information content (AvgIpc) is 2.54. The molecule has 0 spiro atoms. The van der Waals surface area contributed by atoms with Crippen LogP contribution in [0, 0.1) is 5.82 Å². The predicted octanol–water partition coefficient (Wildman–Crippen LogP) is 2.18. The number of hydrogen-bond acceptors (Lipinski definition) is 4. The van der Waals surface area contributed by atoms with Gasteiger partial charge in [0.05, 0.1) is 0 Å². The van der Waals surface area contributed by atoms with Gasteiger partial charge in [-0.25, -0.2) is 9.18 Å². The SMILES string of the molecule is CC(=O)Oc1ccc(C(=O)N[C@@H](Cc2cccc(F)c2)C(=O)O)cc1. The third-order valence-electron chi connectivity index (χ3n) is 3.31. The second kappa shape index (κ2) is 8.05. The van der Waals surface area contributed by atoms with Crippen LogP contribution in [0.5, 0.6) is 5.75 Å². The van der Waals surface area contributed by atoms with E-state index in [0.29, 0.717) is 5.56 Å². The van der Waals surface area contributed by atoms with Crippen LogP contribution in [-0.2, 0) is 16.0 Å². The fourth-order valence-electron chi connectivity index (χ4n) is 2.18. The minimum absolute atomic E-state index is 0.0512. The molecule has 7 heteroatoms. The van der Waals surface area contributed by atoms with Crippen molar-refractivity contribution in [2.75, 3.05) is 0 Å². The molecule has 0 aliphatic rings. The largest absolute Gasteiger partial charge is 0.480 e. The molecule has 0 aliphatic heterocycles. The first-order valence-corrected chi connectivity index (χ1v) is 7.42. The third-order valence-corrected chi connectivity index (χ3v) is 3.31. The Bertz CT molecular complexity index is 788. The number of hydrogen-bond donors (Lipinski definition) is 2. The zero-order valence-electron chi connectivity index (χ0n) is 13.4. The van der Waals surface area contributed by atoms with E-state index in [1.807, 2.05) is 0 Å². The lowest BCUT2D eigenvalue weighted by Crippen LogP contribution is -2.42. The summed E-state index contributed by atoms with van der Waals surface area (Å²) < 4.78 is 18.1. The number of carboxylic acids is 1. The van der Waals surface area contributed by atoms with E-state index < -0.39 is 29.7 Å². The summed E-state index contributed by atoms with van der Waals surface area (Å²) in [5.41, 5.74) is 0.666. The molecule has 2 rings (SSSR count). The molecule has 0 saturated heterocycles. The summed E-state index contributed by atoms with van der Waals surface area (Å²) in [6.07, 6.45) is -0.0512. The van der Waals surface area contributed by atoms with Crippen molar-refractivity contribution in [2.45, 2.75) is 19.4 Å². The maximum Gasteiger partial charge on any atom is 0.326 e. The van der Waals surface area contributed by atoms with E-state index in [0.717, 1.165) is 0 Å². The van der Waals surface area contributed by atoms with Crippen molar-refractivity contribution in [3.63, 3.8) is 0 Å². The maximum atomic E-state index is 13.2. The Kier molecular flexibility index (Phi) is 5.84. The molecule has 0 fully saturated rings. The molecule has 0 radical (unpaired) electrons. The number of halogens is 1. The molecule has 1 atom stereocenters. The number of ether oxygens (including phenoxy) is 1. The fourth-order valence-corrected chi connectivity index (χ4v) is 2.18. The summed E-state index contributed by atoms with van der Waals surface area (Å²) >= 11 is 0. The summed E-state index contributed by atoms with van der Waals surface area (Å²) in [5.74, 6) is -2.52. The first-order valence-electron chi connectivity index (χ1n) is 7.42. The van der Waals surface area contributed by atoms with Crippen LogP contribution in [0.15, 0.2) is 48.5 Å². The van der Waals surface area contributed by atoms with Crippen molar-refractivity contribution in [1.82, 2.24) is 5.32 Å². The molecule has 0 heterocycles. The normalized spacial score (nSPS) is 11.4. The molecule has 2 N–H and O–H groups in total. The minimum Gasteiger partial charge on any atom is -0.480 e. The van der Waals surface area contributed by atoms with Gasteiger partial charge in [-0.3, -0.25) is 9.59 Å². The number of amides is 1. The highest BCUT2D eigenvalue weighted by molar-refractivity contribution is 5.96. The number of carbonyl (C=O) groups excluding carboxylic acids is 2. The summed E-state index contributed by atoms with van der Waals surface area (Å²) in [4.78, 5) is 34.4. The van der Waals surface area contributed by atoms with Crippen LogP contribution < -0.4 is 10.1 Å². The molecular formula is C18H16FNO5. The van der Waals surface area contributed by atoms with Crippen LogP contribution in [0.1, 0.15) is 22.8 Å². The van der Waals surface area contributed by atoms with Crippen LogP contribution in [0.2, 0.25) is 0 Å². The summed E-state index contributed by atoms with van der Waals surface area (Å²) in [6, 6.07) is 10.00. The Balaban J connectivity index is 2.07. The smallest absolute Gasteiger partial charge is 0.326 e. The Morgan fingerprint density at radius 2 is 1.84 bits per heavy atom. The van der Waals surface area contributed by atoms with E-state index in [-0.39, 0.29) is 17.7 Å². The standard InChI is InChI=1S/C18H16FNO5/c1-11(21)25-15-7-5-13(6-8-15)17(22)20-16(18(23)24)10-12-3-2-4-14(19)9-12/h2-9,16H,10H2,1H3,(H,20,22)(H,23,24)/t16-/m0/s1. The van der Waals surface area contributed by atoms with E-state index in [2.05, 4.69) is 5.32 Å². The van der Waals surface area contributed by atoms with Gasteiger partial charge >= 0.3 is 11.9 Å². The molecule has 6 nitrogen and oxygen atoms in total. The molecule has 0 aromatic heterocycles. The second-order valence-electron chi connectivity index (χ2n) is 5.32. The van der Waals surface area contributed by atoms with E-state index in [9.17, 15) is 23.9 Å². The highest BCUT2D eigenvalue weighted by Gasteiger charge is 2.21. The molecule has 0 unspecified atom stereocenters. The molecule has 130 valence electrons. The highest BCUT2D eigenvalue weighted by Crippen LogP contribution is 2.13. The first-order chi connectivity index (χ1) is 11.8. The number of nitrogens with one attached hydrogen (secondary N) is 1. The van der Waals surface area contributed by atoms with Crippen molar-refractivity contribution in [3.05, 3.63) is 65.5 Å². The second-order valence-corrected chi connectivity index (χ2v) is 5.32. The zero-order valence-corrected chi connectivity index (χ0v) is 13.4. The van der Waals surface area contributed by atoms with Crippen molar-refractivity contribution >= 4 is 17.8 Å². The summed E-state index contributed by atoms with van der Waals surface area (Å²) in [7, 11) is 0. The molecule has 2 aromatic carbocycles. The topological polar surface area (TPSA) is 92.7 Å². The van der Waals surface area contributed by atoms with Gasteiger partial charge < -0.3 is 15.2 Å². The van der Waals surface area contributed by atoms with E-state index in [4.69, 9.17) is 4.74 Å². The number of aliphatic carboxylic acids is 1. The van der Waals surface area contributed by atoms with Crippen LogP contribution >= 0.6 is 0 Å². The lowest BCUT2D eigenvalue weighted by atomic mass is 10.1. The van der Waals surface area contributed by atoms with E-state index in [1.165, 1.54) is 49.4 Å². The third kappa shape index (κ3) is 5.42. The Morgan fingerprint density at radius 1 is 1.16 bits per heavy atom. The van der Waals surface area contributed by atoms with Crippen molar-refractivity contribution in [1.29, 1.82) is 0 Å². The van der Waals surface area contributed by atoms with Gasteiger partial charge in [-0.15, -0.1) is 0 Å². The Morgan fingerprint density at radius 3 is 2.40 bits per heavy atom. The molecule has 0 aliphatic carbocycles. The van der Waals surface area contributed by atoms with Gasteiger partial charge in [-0.05, 0) is 42.0 Å². The minimum atomic E-state index is -1.23. The molecule has 25 heavy (non-hydrogen) atoms. The van der Waals surface area contributed by atoms with Crippen molar-refractivity contribution < 1.29 is 28.6 Å². The van der Waals surface area contributed by atoms with Gasteiger partial charge in [0.15, 0.2) is 0 Å². The number of benzene rings is 2. The monoisotopic (exact) mass is 345 g/mol. The Hall–Kier alpha value is -3.22. The Labute approximate surface area is 143 Å². The molecule has 2 aromatic rings. The number of esters is 1. The van der Waals surface area contributed by atoms with E-state index >= 15 is 0 Å². The number of carboxylic acid groups (broad SMARTS) is 1. The van der Waals surface area contributed by atoms with Crippen LogP contribution in [0.3, 0.4) is 0 Å². The van der Waals surface area contributed by atoms with Gasteiger partial charge in [0, 0.05) is 18.9 Å². The first kappa shape index (κ1) is 18.1. The molecule has 0 bridgehead atoms. The fraction of sp³-hybridized carbons (Fsp3) is 0.167. The van der Waals surface area contributed by atoms with E-state index in [1.54, 1.807) is 6.07 Å². The molecule has 0 saturated carbocycles. The van der Waals surface area contributed by atoms with Crippen molar-refractivity contribution in [3.8, 4) is 5.75 Å². The average molecular weight is 345 g/mol. The zero-order chi connectivity index (χ0) is 18.4. The van der Waals surface area contributed by atoms with Gasteiger partial charge in [-0.1, -0.05) is 12.1 Å². The van der Waals surface area contributed by atoms with Crippen LogP contribution in [0.25, 0.3) is 0 Å². The highest BCUT2D eigenvalue weighted by atomic mass is 19.1. The quantitative estimate of drug-likeness (QED) is 0.618. The number of carbonyl (C=O) groups is 3. The van der Waals surface area contributed by atoms with Gasteiger partial charge in [0.2, 0.25) is 0 Å². The van der Waals surface area contributed by atoms with Gasteiger partial charge in [-0.2, -0.15) is 0 Å². The van der Waals surface area contributed by atoms with Crippen LogP contribution in [-0.4, -0.2) is 29.0 Å². The summed E-state index contributed by atoms with van der Waals surface area (Å²) in [5, 5.41) is 11.7. The number of rotatable bonds is 6. The molecule has 1 amide bonds. The predicted molar refractivity (Wildman–Crippen MR) is 86.7 cm³/mol. The van der Waals surface area contributed by atoms with Gasteiger partial charge in [0.1, 0.15) is 17.6 Å². The summed E-state index contributed by atoms with van der Waals surface area (Å²) in [6.45, 7) is 1.25. The van der Waals surface area contributed by atoms with Crippen LogP contribution in [0.4, 0.5) is 4.39 Å². The lowest BCUT2D eigenvalue weighted by molar-refractivity contribution is -0.139.